The number of nitrogens with one attached hydrogen (secondary N) is 1. The minimum atomic E-state index is 0.247. The fraction of sp³-hybridized carbons (Fsp3) is 0.857. The Hall–Kier alpha value is -0.340. The van der Waals surface area contributed by atoms with Gasteiger partial charge in [0.2, 0.25) is 0 Å². The number of hydrogen-bond acceptors (Lipinski definition) is 2. The molecule has 1 heterocycles. The lowest BCUT2D eigenvalue weighted by atomic mass is 10.1. The quantitative estimate of drug-likeness (QED) is 0.739. The van der Waals surface area contributed by atoms with Gasteiger partial charge in [0.1, 0.15) is 0 Å². The van der Waals surface area contributed by atoms with Gasteiger partial charge in [0.05, 0.1) is 0 Å². The summed E-state index contributed by atoms with van der Waals surface area (Å²) in [5.41, 5.74) is 1.78. The highest BCUT2D eigenvalue weighted by atomic mass is 15.2. The van der Waals surface area contributed by atoms with Crippen molar-refractivity contribution >= 4 is 0 Å². The minimum absolute atomic E-state index is 0.247. The van der Waals surface area contributed by atoms with Gasteiger partial charge in [-0.2, -0.15) is 0 Å². The van der Waals surface area contributed by atoms with Crippen LogP contribution in [0.3, 0.4) is 0 Å². The predicted octanol–water partition coefficient (Wildman–Crippen LogP) is 2.81. The Morgan fingerprint density at radius 3 is 2.69 bits per heavy atom. The van der Waals surface area contributed by atoms with Gasteiger partial charge in [-0.3, -0.25) is 4.90 Å². The molecular weight excluding hydrogens is 196 g/mol. The maximum Gasteiger partial charge on any atom is 0.0193 e. The van der Waals surface area contributed by atoms with Crippen LogP contribution >= 0.6 is 0 Å². The highest BCUT2D eigenvalue weighted by Gasteiger charge is 2.17. The minimum Gasteiger partial charge on any atom is -0.312 e. The molecule has 1 atom stereocenters. The summed E-state index contributed by atoms with van der Waals surface area (Å²) >= 11 is 0. The molecule has 2 heteroatoms. The largest absolute Gasteiger partial charge is 0.312 e. The van der Waals surface area contributed by atoms with Gasteiger partial charge in [0.15, 0.2) is 0 Å². The van der Waals surface area contributed by atoms with Crippen molar-refractivity contribution < 1.29 is 0 Å². The van der Waals surface area contributed by atoms with Crippen molar-refractivity contribution in [2.24, 2.45) is 0 Å². The Labute approximate surface area is 101 Å². The van der Waals surface area contributed by atoms with Crippen molar-refractivity contribution in [1.82, 2.24) is 10.2 Å². The molecule has 0 saturated heterocycles. The average molecular weight is 224 g/mol. The number of hydrogen-bond donors (Lipinski definition) is 1. The third-order valence-electron chi connectivity index (χ3n) is 3.20. The lowest BCUT2D eigenvalue weighted by Crippen LogP contribution is -2.42. The van der Waals surface area contributed by atoms with E-state index in [1.807, 2.05) is 0 Å². The van der Waals surface area contributed by atoms with Crippen LogP contribution in [0.25, 0.3) is 0 Å². The van der Waals surface area contributed by atoms with Gasteiger partial charge in [0.25, 0.3) is 0 Å². The summed E-state index contributed by atoms with van der Waals surface area (Å²) in [5, 5.41) is 3.56. The van der Waals surface area contributed by atoms with Crippen LogP contribution in [0.5, 0.6) is 0 Å². The van der Waals surface area contributed by atoms with Crippen LogP contribution in [0, 0.1) is 0 Å². The van der Waals surface area contributed by atoms with E-state index >= 15 is 0 Å². The molecule has 1 rings (SSSR count). The van der Waals surface area contributed by atoms with Crippen molar-refractivity contribution in [2.75, 3.05) is 19.6 Å². The molecule has 0 spiro atoms. The van der Waals surface area contributed by atoms with Crippen LogP contribution in [0.15, 0.2) is 11.6 Å². The Morgan fingerprint density at radius 2 is 2.12 bits per heavy atom. The molecule has 1 N–H and O–H groups in total. The molecule has 0 aliphatic carbocycles. The molecule has 16 heavy (non-hydrogen) atoms. The van der Waals surface area contributed by atoms with Crippen LogP contribution in [-0.2, 0) is 0 Å². The summed E-state index contributed by atoms with van der Waals surface area (Å²) in [4.78, 5) is 2.60. The molecular formula is C14H28N2. The first-order chi connectivity index (χ1) is 7.38. The lowest BCUT2D eigenvalue weighted by Gasteiger charge is -2.32. The Morgan fingerprint density at radius 1 is 1.44 bits per heavy atom. The standard InChI is InChI=1S/C14H28N2/c1-12-7-6-10-16(11-12)13(2)8-9-15-14(3,4)5/h7,13,15H,6,8-11H2,1-5H3. The second-order valence-corrected chi connectivity index (χ2v) is 6.12. The summed E-state index contributed by atoms with van der Waals surface area (Å²) in [6.07, 6.45) is 4.84. The zero-order valence-electron chi connectivity index (χ0n) is 11.6. The van der Waals surface area contributed by atoms with Crippen LogP contribution in [0.1, 0.15) is 47.5 Å². The summed E-state index contributed by atoms with van der Waals surface area (Å²) in [6, 6.07) is 0.693. The Kier molecular flexibility index (Phi) is 5.00. The van der Waals surface area contributed by atoms with E-state index in [-0.39, 0.29) is 5.54 Å². The molecule has 94 valence electrons. The van der Waals surface area contributed by atoms with E-state index in [9.17, 15) is 0 Å². The summed E-state index contributed by atoms with van der Waals surface area (Å²) < 4.78 is 0. The maximum absolute atomic E-state index is 3.56. The molecule has 1 unspecified atom stereocenters. The van der Waals surface area contributed by atoms with Crippen molar-refractivity contribution in [3.63, 3.8) is 0 Å². The van der Waals surface area contributed by atoms with Crippen molar-refractivity contribution in [3.8, 4) is 0 Å². The second kappa shape index (κ2) is 5.83. The molecule has 2 nitrogen and oxygen atoms in total. The van der Waals surface area contributed by atoms with E-state index in [0.29, 0.717) is 6.04 Å². The van der Waals surface area contributed by atoms with Crippen LogP contribution in [0.2, 0.25) is 0 Å². The van der Waals surface area contributed by atoms with Gasteiger partial charge < -0.3 is 5.32 Å². The third kappa shape index (κ3) is 5.13. The summed E-state index contributed by atoms with van der Waals surface area (Å²) in [6.45, 7) is 14.8. The molecule has 0 radical (unpaired) electrons. The highest BCUT2D eigenvalue weighted by Crippen LogP contribution is 2.13. The lowest BCUT2D eigenvalue weighted by molar-refractivity contribution is 0.207. The molecule has 0 amide bonds. The fourth-order valence-electron chi connectivity index (χ4n) is 2.16. The predicted molar refractivity (Wildman–Crippen MR) is 71.8 cm³/mol. The van der Waals surface area contributed by atoms with E-state index < -0.39 is 0 Å². The van der Waals surface area contributed by atoms with Gasteiger partial charge in [-0.1, -0.05) is 11.6 Å². The van der Waals surface area contributed by atoms with Crippen molar-refractivity contribution in [3.05, 3.63) is 11.6 Å². The molecule has 0 aromatic carbocycles. The molecule has 0 aromatic rings. The first kappa shape index (κ1) is 13.7. The zero-order valence-corrected chi connectivity index (χ0v) is 11.6. The maximum atomic E-state index is 3.56. The first-order valence-electron chi connectivity index (χ1n) is 6.53. The first-order valence-corrected chi connectivity index (χ1v) is 6.53. The topological polar surface area (TPSA) is 15.3 Å². The summed E-state index contributed by atoms with van der Waals surface area (Å²) in [5.74, 6) is 0. The van der Waals surface area contributed by atoms with Crippen LogP contribution < -0.4 is 5.32 Å². The Balaban J connectivity index is 2.25. The van der Waals surface area contributed by atoms with E-state index in [1.165, 1.54) is 25.0 Å². The molecule has 0 aromatic heterocycles. The second-order valence-electron chi connectivity index (χ2n) is 6.12. The van der Waals surface area contributed by atoms with E-state index in [1.54, 1.807) is 0 Å². The molecule has 1 aliphatic heterocycles. The number of nitrogens with zero attached hydrogens (tertiary/aromatic N) is 1. The SMILES string of the molecule is CC1=CCCN(C(C)CCNC(C)(C)C)C1. The average Bonchev–Trinajstić information content (AvgIpc) is 2.15. The van der Waals surface area contributed by atoms with E-state index in [0.717, 1.165) is 13.1 Å². The zero-order chi connectivity index (χ0) is 12.2. The van der Waals surface area contributed by atoms with E-state index in [2.05, 4.69) is 50.9 Å². The van der Waals surface area contributed by atoms with Gasteiger partial charge in [0, 0.05) is 24.7 Å². The Bertz CT molecular complexity index is 238. The van der Waals surface area contributed by atoms with Crippen LogP contribution in [0.4, 0.5) is 0 Å². The van der Waals surface area contributed by atoms with Crippen LogP contribution in [-0.4, -0.2) is 36.1 Å². The van der Waals surface area contributed by atoms with Gasteiger partial charge in [-0.15, -0.1) is 0 Å². The summed E-state index contributed by atoms with van der Waals surface area (Å²) in [7, 11) is 0. The highest BCUT2D eigenvalue weighted by molar-refractivity contribution is 5.05. The van der Waals surface area contributed by atoms with Crippen molar-refractivity contribution in [2.45, 2.75) is 59.0 Å². The van der Waals surface area contributed by atoms with E-state index in [4.69, 9.17) is 0 Å². The molecule has 1 aliphatic rings. The van der Waals surface area contributed by atoms with Crippen molar-refractivity contribution in [1.29, 1.82) is 0 Å². The monoisotopic (exact) mass is 224 g/mol. The molecule has 0 fully saturated rings. The van der Waals surface area contributed by atoms with Gasteiger partial charge >= 0.3 is 0 Å². The third-order valence-corrected chi connectivity index (χ3v) is 3.20. The molecule has 0 bridgehead atoms. The van der Waals surface area contributed by atoms with Gasteiger partial charge in [-0.25, -0.2) is 0 Å². The van der Waals surface area contributed by atoms with Gasteiger partial charge in [-0.05, 0) is 54.0 Å². The normalized spacial score (nSPS) is 20.7. The molecule has 0 saturated carbocycles. The number of rotatable bonds is 4. The fourth-order valence-corrected chi connectivity index (χ4v) is 2.16. The smallest absolute Gasteiger partial charge is 0.0193 e.